The van der Waals surface area contributed by atoms with Gasteiger partial charge in [-0.05, 0) is 75.6 Å². The maximum absolute atomic E-state index is 12.5. The van der Waals surface area contributed by atoms with E-state index in [0.717, 1.165) is 40.5 Å². The van der Waals surface area contributed by atoms with Crippen molar-refractivity contribution in [2.75, 3.05) is 0 Å². The van der Waals surface area contributed by atoms with Gasteiger partial charge in [-0.25, -0.2) is 4.68 Å². The van der Waals surface area contributed by atoms with Crippen molar-refractivity contribution in [3.63, 3.8) is 0 Å². The summed E-state index contributed by atoms with van der Waals surface area (Å²) < 4.78 is 1.88. The SMILES string of the molecule is Cc1cc(C)n(-c2ccc(C(=O)NC(C)CCc3ccccc3Cl)cc2)n1. The van der Waals surface area contributed by atoms with E-state index in [1.807, 2.05) is 80.1 Å². The standard InChI is InChI=1S/C22H24ClN3O/c1-15(8-9-18-6-4-5-7-21(18)23)24-22(27)19-10-12-20(13-11-19)26-17(3)14-16(2)25-26/h4-7,10-15H,8-9H2,1-3H3,(H,24,27). The van der Waals surface area contributed by atoms with Gasteiger partial charge in [0.25, 0.3) is 5.91 Å². The summed E-state index contributed by atoms with van der Waals surface area (Å²) in [5.74, 6) is -0.0680. The molecule has 27 heavy (non-hydrogen) atoms. The molecule has 0 fully saturated rings. The molecular weight excluding hydrogens is 358 g/mol. The Labute approximate surface area is 165 Å². The van der Waals surface area contributed by atoms with Gasteiger partial charge in [0.05, 0.1) is 11.4 Å². The Morgan fingerprint density at radius 3 is 2.48 bits per heavy atom. The predicted molar refractivity (Wildman–Crippen MR) is 110 cm³/mol. The third kappa shape index (κ3) is 4.77. The van der Waals surface area contributed by atoms with Crippen LogP contribution in [0.15, 0.2) is 54.6 Å². The Hall–Kier alpha value is -2.59. The number of hydrogen-bond donors (Lipinski definition) is 1. The molecule has 1 atom stereocenters. The molecule has 0 aliphatic rings. The summed E-state index contributed by atoms with van der Waals surface area (Å²) in [6.45, 7) is 6.00. The lowest BCUT2D eigenvalue weighted by atomic mass is 10.1. The average Bonchev–Trinajstić information content (AvgIpc) is 2.99. The third-order valence-electron chi connectivity index (χ3n) is 4.57. The van der Waals surface area contributed by atoms with Crippen molar-refractivity contribution in [3.8, 4) is 5.69 Å². The van der Waals surface area contributed by atoms with Gasteiger partial charge in [0, 0.05) is 22.3 Å². The second kappa shape index (κ2) is 8.40. The van der Waals surface area contributed by atoms with Crippen molar-refractivity contribution in [1.82, 2.24) is 15.1 Å². The molecule has 1 amide bonds. The first kappa shape index (κ1) is 19.2. The van der Waals surface area contributed by atoms with Gasteiger partial charge >= 0.3 is 0 Å². The fraction of sp³-hybridized carbons (Fsp3) is 0.273. The summed E-state index contributed by atoms with van der Waals surface area (Å²) in [5.41, 5.74) is 4.74. The highest BCUT2D eigenvalue weighted by molar-refractivity contribution is 6.31. The molecule has 0 spiro atoms. The van der Waals surface area contributed by atoms with E-state index in [2.05, 4.69) is 10.4 Å². The summed E-state index contributed by atoms with van der Waals surface area (Å²) in [6, 6.07) is 17.4. The number of benzene rings is 2. The van der Waals surface area contributed by atoms with Crippen molar-refractivity contribution < 1.29 is 4.79 Å². The van der Waals surface area contributed by atoms with Crippen LogP contribution in [0.3, 0.4) is 0 Å². The van der Waals surface area contributed by atoms with Crippen LogP contribution in [-0.2, 0) is 6.42 Å². The Bertz CT molecular complexity index is 931. The van der Waals surface area contributed by atoms with E-state index in [0.29, 0.717) is 5.56 Å². The highest BCUT2D eigenvalue weighted by atomic mass is 35.5. The maximum Gasteiger partial charge on any atom is 0.251 e. The van der Waals surface area contributed by atoms with Gasteiger partial charge in [-0.3, -0.25) is 4.79 Å². The largest absolute Gasteiger partial charge is 0.350 e. The van der Waals surface area contributed by atoms with E-state index in [-0.39, 0.29) is 11.9 Å². The number of aryl methyl sites for hydroxylation is 3. The van der Waals surface area contributed by atoms with Crippen molar-refractivity contribution in [1.29, 1.82) is 0 Å². The van der Waals surface area contributed by atoms with Crippen LogP contribution in [0.2, 0.25) is 5.02 Å². The second-order valence-corrected chi connectivity index (χ2v) is 7.30. The first-order valence-electron chi connectivity index (χ1n) is 9.12. The number of rotatable bonds is 6. The molecular formula is C22H24ClN3O. The van der Waals surface area contributed by atoms with Crippen molar-refractivity contribution >= 4 is 17.5 Å². The molecule has 1 aromatic heterocycles. The van der Waals surface area contributed by atoms with E-state index in [1.54, 1.807) is 0 Å². The molecule has 0 radical (unpaired) electrons. The predicted octanol–water partition coefficient (Wildman–Crippen LogP) is 4.89. The highest BCUT2D eigenvalue weighted by Gasteiger charge is 2.11. The number of nitrogens with zero attached hydrogens (tertiary/aromatic N) is 2. The first-order valence-corrected chi connectivity index (χ1v) is 9.50. The van der Waals surface area contributed by atoms with Crippen LogP contribution in [0.4, 0.5) is 0 Å². The molecule has 2 aromatic carbocycles. The molecule has 0 aliphatic carbocycles. The Morgan fingerprint density at radius 2 is 1.85 bits per heavy atom. The molecule has 5 heteroatoms. The van der Waals surface area contributed by atoms with Gasteiger partial charge < -0.3 is 5.32 Å². The summed E-state index contributed by atoms with van der Waals surface area (Å²) >= 11 is 6.19. The fourth-order valence-electron chi connectivity index (χ4n) is 3.10. The number of hydrogen-bond acceptors (Lipinski definition) is 2. The van der Waals surface area contributed by atoms with Gasteiger partial charge in [-0.15, -0.1) is 0 Å². The number of aromatic nitrogens is 2. The third-order valence-corrected chi connectivity index (χ3v) is 4.93. The topological polar surface area (TPSA) is 46.9 Å². The van der Waals surface area contributed by atoms with Crippen molar-refractivity contribution in [2.24, 2.45) is 0 Å². The van der Waals surface area contributed by atoms with Gasteiger partial charge in [0.15, 0.2) is 0 Å². The lowest BCUT2D eigenvalue weighted by molar-refractivity contribution is 0.0938. The molecule has 0 saturated heterocycles. The van der Waals surface area contributed by atoms with Crippen molar-refractivity contribution in [2.45, 2.75) is 39.7 Å². The lowest BCUT2D eigenvalue weighted by Gasteiger charge is -2.15. The average molecular weight is 382 g/mol. The lowest BCUT2D eigenvalue weighted by Crippen LogP contribution is -2.32. The number of nitrogens with one attached hydrogen (secondary N) is 1. The minimum atomic E-state index is -0.0680. The second-order valence-electron chi connectivity index (χ2n) is 6.89. The summed E-state index contributed by atoms with van der Waals surface area (Å²) in [6.07, 6.45) is 1.66. The van der Waals surface area contributed by atoms with Gasteiger partial charge in [0.1, 0.15) is 0 Å². The quantitative estimate of drug-likeness (QED) is 0.660. The van der Waals surface area contributed by atoms with Crippen LogP contribution in [0, 0.1) is 13.8 Å². The molecule has 0 aliphatic heterocycles. The molecule has 140 valence electrons. The summed E-state index contributed by atoms with van der Waals surface area (Å²) in [4.78, 5) is 12.5. The highest BCUT2D eigenvalue weighted by Crippen LogP contribution is 2.17. The van der Waals surface area contributed by atoms with Crippen LogP contribution in [0.25, 0.3) is 5.69 Å². The number of carbonyl (C=O) groups excluding carboxylic acids is 1. The van der Waals surface area contributed by atoms with E-state index in [1.165, 1.54) is 0 Å². The molecule has 1 unspecified atom stereocenters. The molecule has 0 bridgehead atoms. The molecule has 3 aromatic rings. The zero-order chi connectivity index (χ0) is 19.4. The molecule has 4 nitrogen and oxygen atoms in total. The van der Waals surface area contributed by atoms with Gasteiger partial charge in [-0.2, -0.15) is 5.10 Å². The molecule has 1 heterocycles. The van der Waals surface area contributed by atoms with E-state index in [9.17, 15) is 4.79 Å². The zero-order valence-corrected chi connectivity index (χ0v) is 16.6. The molecule has 3 rings (SSSR count). The van der Waals surface area contributed by atoms with Crippen LogP contribution >= 0.6 is 11.6 Å². The van der Waals surface area contributed by atoms with E-state index in [4.69, 9.17) is 11.6 Å². The fourth-order valence-corrected chi connectivity index (χ4v) is 3.33. The van der Waals surface area contributed by atoms with E-state index >= 15 is 0 Å². The summed E-state index contributed by atoms with van der Waals surface area (Å²) in [5, 5.41) is 8.30. The van der Waals surface area contributed by atoms with Crippen LogP contribution in [0.5, 0.6) is 0 Å². The zero-order valence-electron chi connectivity index (χ0n) is 15.9. The van der Waals surface area contributed by atoms with Crippen molar-refractivity contribution in [3.05, 3.63) is 82.1 Å². The number of halogens is 1. The normalized spacial score (nSPS) is 12.0. The number of carbonyl (C=O) groups is 1. The Morgan fingerprint density at radius 1 is 1.15 bits per heavy atom. The van der Waals surface area contributed by atoms with Crippen LogP contribution < -0.4 is 5.32 Å². The van der Waals surface area contributed by atoms with Gasteiger partial charge in [-0.1, -0.05) is 29.8 Å². The van der Waals surface area contributed by atoms with Crippen LogP contribution in [-0.4, -0.2) is 21.7 Å². The van der Waals surface area contributed by atoms with Crippen LogP contribution in [0.1, 0.15) is 40.7 Å². The minimum absolute atomic E-state index is 0.0597. The summed E-state index contributed by atoms with van der Waals surface area (Å²) in [7, 11) is 0. The van der Waals surface area contributed by atoms with Gasteiger partial charge in [0.2, 0.25) is 0 Å². The molecule has 0 saturated carbocycles. The first-order chi connectivity index (χ1) is 12.9. The minimum Gasteiger partial charge on any atom is -0.350 e. The Balaban J connectivity index is 1.59. The molecule has 1 N–H and O–H groups in total. The Kier molecular flexibility index (Phi) is 5.97. The number of amides is 1. The maximum atomic E-state index is 12.5. The van der Waals surface area contributed by atoms with E-state index < -0.39 is 0 Å². The monoisotopic (exact) mass is 381 g/mol. The smallest absolute Gasteiger partial charge is 0.251 e.